The Labute approximate surface area is 107 Å². The van der Waals surface area contributed by atoms with E-state index in [1.54, 1.807) is 6.92 Å². The number of benzene rings is 1. The predicted molar refractivity (Wildman–Crippen MR) is 72.2 cm³/mol. The molecule has 0 saturated heterocycles. The van der Waals surface area contributed by atoms with Crippen LogP contribution < -0.4 is 4.74 Å². The number of hydrogen-bond donors (Lipinski definition) is 0. The molecular formula is C14H16O2S. The highest BCUT2D eigenvalue weighted by Crippen LogP contribution is 2.12. The molecule has 2 nitrogen and oxygen atoms in total. The number of rotatable bonds is 4. The molecular weight excluding hydrogens is 232 g/mol. The van der Waals surface area contributed by atoms with Gasteiger partial charge in [-0.1, -0.05) is 36.6 Å². The van der Waals surface area contributed by atoms with E-state index in [9.17, 15) is 4.79 Å². The fourth-order valence-corrected chi connectivity index (χ4v) is 1.51. The first-order valence-corrected chi connectivity index (χ1v) is 6.56. The number of hydrogen-bond acceptors (Lipinski definition) is 3. The van der Waals surface area contributed by atoms with Gasteiger partial charge in [0.15, 0.2) is 5.12 Å². The lowest BCUT2D eigenvalue weighted by Crippen LogP contribution is -1.94. The lowest BCUT2D eigenvalue weighted by Gasteiger charge is -2.03. The maximum absolute atomic E-state index is 10.7. The van der Waals surface area contributed by atoms with E-state index in [0.717, 1.165) is 24.3 Å². The van der Waals surface area contributed by atoms with Crippen molar-refractivity contribution in [1.29, 1.82) is 0 Å². The van der Waals surface area contributed by atoms with Gasteiger partial charge in [0.2, 0.25) is 0 Å². The van der Waals surface area contributed by atoms with Gasteiger partial charge in [-0.15, -0.1) is 0 Å². The van der Waals surface area contributed by atoms with Crippen LogP contribution in [0.2, 0.25) is 0 Å². The molecule has 17 heavy (non-hydrogen) atoms. The van der Waals surface area contributed by atoms with Crippen LogP contribution in [0.3, 0.4) is 0 Å². The second kappa shape index (κ2) is 7.81. The van der Waals surface area contributed by atoms with Crippen LogP contribution in [0, 0.1) is 11.8 Å². The molecule has 0 fully saturated rings. The molecule has 0 amide bonds. The maximum atomic E-state index is 10.7. The fraction of sp³-hybridized carbons (Fsp3) is 0.357. The summed E-state index contributed by atoms with van der Waals surface area (Å²) in [5, 5.41) is 0.0966. The van der Waals surface area contributed by atoms with Crippen molar-refractivity contribution in [3.05, 3.63) is 29.8 Å². The molecule has 3 heteroatoms. The smallest absolute Gasteiger partial charge is 0.186 e. The highest BCUT2D eigenvalue weighted by molar-refractivity contribution is 8.13. The molecule has 0 aromatic heterocycles. The van der Waals surface area contributed by atoms with Crippen molar-refractivity contribution in [3.63, 3.8) is 0 Å². The van der Waals surface area contributed by atoms with E-state index in [4.69, 9.17) is 4.74 Å². The van der Waals surface area contributed by atoms with Crippen LogP contribution in [0.5, 0.6) is 5.75 Å². The summed E-state index contributed by atoms with van der Waals surface area (Å²) in [5.41, 5.74) is 0.919. The first-order valence-electron chi connectivity index (χ1n) is 5.57. The monoisotopic (exact) mass is 248 g/mol. The first kappa shape index (κ1) is 13.7. The molecule has 1 rings (SSSR count). The zero-order valence-corrected chi connectivity index (χ0v) is 11.0. The Kier molecular flexibility index (Phi) is 6.27. The molecule has 0 radical (unpaired) electrons. The SMILES string of the molecule is CCCOc1cccc(C#CCSC(C)=O)c1. The summed E-state index contributed by atoms with van der Waals surface area (Å²) in [7, 11) is 0. The van der Waals surface area contributed by atoms with E-state index in [1.807, 2.05) is 24.3 Å². The Morgan fingerprint density at radius 1 is 1.47 bits per heavy atom. The molecule has 0 atom stereocenters. The second-order valence-electron chi connectivity index (χ2n) is 3.46. The van der Waals surface area contributed by atoms with Gasteiger partial charge in [-0.2, -0.15) is 0 Å². The zero-order valence-electron chi connectivity index (χ0n) is 10.2. The van der Waals surface area contributed by atoms with Gasteiger partial charge in [-0.25, -0.2) is 0 Å². The number of carbonyl (C=O) groups excluding carboxylic acids is 1. The molecule has 0 aliphatic rings. The molecule has 0 heterocycles. The van der Waals surface area contributed by atoms with Crippen LogP contribution in [-0.2, 0) is 4.79 Å². The van der Waals surface area contributed by atoms with E-state index in [2.05, 4.69) is 18.8 Å². The van der Waals surface area contributed by atoms with Crippen molar-refractivity contribution >= 4 is 16.9 Å². The summed E-state index contributed by atoms with van der Waals surface area (Å²) in [4.78, 5) is 10.7. The zero-order chi connectivity index (χ0) is 12.5. The summed E-state index contributed by atoms with van der Waals surface area (Å²) in [6, 6.07) is 7.70. The average molecular weight is 248 g/mol. The van der Waals surface area contributed by atoms with Crippen LogP contribution in [0.1, 0.15) is 25.8 Å². The Bertz CT molecular complexity index is 429. The molecule has 0 unspecified atom stereocenters. The first-order chi connectivity index (χ1) is 8.22. The van der Waals surface area contributed by atoms with Crippen LogP contribution in [0.4, 0.5) is 0 Å². The van der Waals surface area contributed by atoms with Gasteiger partial charge in [-0.3, -0.25) is 4.79 Å². The minimum atomic E-state index is 0.0966. The minimum absolute atomic E-state index is 0.0966. The Hall–Kier alpha value is -1.40. The largest absolute Gasteiger partial charge is 0.494 e. The van der Waals surface area contributed by atoms with Crippen LogP contribution in [0.15, 0.2) is 24.3 Å². The highest BCUT2D eigenvalue weighted by atomic mass is 32.2. The molecule has 0 bridgehead atoms. The Balaban J connectivity index is 2.55. The summed E-state index contributed by atoms with van der Waals surface area (Å²) < 4.78 is 5.51. The summed E-state index contributed by atoms with van der Waals surface area (Å²) in [6.07, 6.45) is 0.991. The van der Waals surface area contributed by atoms with Gasteiger partial charge in [0, 0.05) is 12.5 Å². The Morgan fingerprint density at radius 3 is 3.00 bits per heavy atom. The molecule has 0 spiro atoms. The number of carbonyl (C=O) groups is 1. The lowest BCUT2D eigenvalue weighted by molar-refractivity contribution is -0.109. The number of thioether (sulfide) groups is 1. The highest BCUT2D eigenvalue weighted by Gasteiger charge is 1.94. The van der Waals surface area contributed by atoms with Crippen molar-refractivity contribution in [1.82, 2.24) is 0 Å². The predicted octanol–water partition coefficient (Wildman–Crippen LogP) is 3.11. The van der Waals surface area contributed by atoms with E-state index in [0.29, 0.717) is 5.75 Å². The Morgan fingerprint density at radius 2 is 2.29 bits per heavy atom. The molecule has 0 N–H and O–H groups in total. The number of ether oxygens (including phenoxy) is 1. The molecule has 0 saturated carbocycles. The van der Waals surface area contributed by atoms with E-state index in [1.165, 1.54) is 11.8 Å². The van der Waals surface area contributed by atoms with E-state index < -0.39 is 0 Å². The minimum Gasteiger partial charge on any atom is -0.494 e. The molecule has 1 aromatic carbocycles. The van der Waals surface area contributed by atoms with Gasteiger partial charge in [0.1, 0.15) is 5.75 Å². The van der Waals surface area contributed by atoms with Crippen molar-refractivity contribution in [2.45, 2.75) is 20.3 Å². The topological polar surface area (TPSA) is 26.3 Å². The normalized spacial score (nSPS) is 9.29. The third-order valence-electron chi connectivity index (χ3n) is 1.89. The molecule has 0 aliphatic heterocycles. The summed E-state index contributed by atoms with van der Waals surface area (Å²) >= 11 is 1.22. The lowest BCUT2D eigenvalue weighted by atomic mass is 10.2. The van der Waals surface area contributed by atoms with Crippen LogP contribution in [0.25, 0.3) is 0 Å². The van der Waals surface area contributed by atoms with Crippen molar-refractivity contribution in [2.24, 2.45) is 0 Å². The maximum Gasteiger partial charge on any atom is 0.186 e. The second-order valence-corrected chi connectivity index (χ2v) is 4.61. The molecule has 1 aromatic rings. The third kappa shape index (κ3) is 6.03. The van der Waals surface area contributed by atoms with Crippen molar-refractivity contribution in [3.8, 4) is 17.6 Å². The van der Waals surface area contributed by atoms with Gasteiger partial charge < -0.3 is 4.74 Å². The van der Waals surface area contributed by atoms with Crippen molar-refractivity contribution < 1.29 is 9.53 Å². The summed E-state index contributed by atoms with van der Waals surface area (Å²) in [5.74, 6) is 7.35. The van der Waals surface area contributed by atoms with Crippen molar-refractivity contribution in [2.75, 3.05) is 12.4 Å². The fourth-order valence-electron chi connectivity index (χ4n) is 1.16. The summed E-state index contributed by atoms with van der Waals surface area (Å²) in [6.45, 7) is 4.34. The quantitative estimate of drug-likeness (QED) is 0.766. The van der Waals surface area contributed by atoms with Gasteiger partial charge in [-0.05, 0) is 24.6 Å². The van der Waals surface area contributed by atoms with E-state index >= 15 is 0 Å². The standard InChI is InChI=1S/C14H16O2S/c1-3-9-16-14-8-4-6-13(11-14)7-5-10-17-12(2)15/h4,6,8,11H,3,9-10H2,1-2H3. The molecule has 90 valence electrons. The van der Waals surface area contributed by atoms with Gasteiger partial charge >= 0.3 is 0 Å². The van der Waals surface area contributed by atoms with Crippen LogP contribution in [-0.4, -0.2) is 17.5 Å². The van der Waals surface area contributed by atoms with Gasteiger partial charge in [0.25, 0.3) is 0 Å². The average Bonchev–Trinajstić information content (AvgIpc) is 2.32. The van der Waals surface area contributed by atoms with E-state index in [-0.39, 0.29) is 5.12 Å². The third-order valence-corrected chi connectivity index (χ3v) is 2.58. The van der Waals surface area contributed by atoms with Gasteiger partial charge in [0.05, 0.1) is 12.4 Å². The molecule has 0 aliphatic carbocycles. The van der Waals surface area contributed by atoms with Crippen LogP contribution >= 0.6 is 11.8 Å².